The molecule has 7 nitrogen and oxygen atoms in total. The summed E-state index contributed by atoms with van der Waals surface area (Å²) in [6.45, 7) is 7.07. The highest BCUT2D eigenvalue weighted by Gasteiger charge is 2.32. The fraction of sp³-hybridized carbons (Fsp3) is 0.486. The van der Waals surface area contributed by atoms with Gasteiger partial charge in [0.2, 0.25) is 0 Å². The molecule has 3 aromatic rings. The maximum atomic E-state index is 13.2. The second-order valence-electron chi connectivity index (χ2n) is 12.0. The van der Waals surface area contributed by atoms with Crippen LogP contribution in [0.1, 0.15) is 61.7 Å². The maximum Gasteiger partial charge on any atom is 0.256 e. The number of ether oxygens (including phenoxy) is 2. The number of nitrogens with zero attached hydrogens (tertiary/aromatic N) is 4. The van der Waals surface area contributed by atoms with Crippen LogP contribution in [0.4, 0.5) is 11.4 Å². The van der Waals surface area contributed by atoms with E-state index in [0.717, 1.165) is 85.6 Å². The third-order valence-electron chi connectivity index (χ3n) is 9.10. The molecule has 0 spiro atoms. The normalized spacial score (nSPS) is 18.6. The molecule has 1 amide bonds. The van der Waals surface area contributed by atoms with E-state index in [4.69, 9.17) is 21.1 Å². The second-order valence-corrected chi connectivity index (χ2v) is 12.4. The van der Waals surface area contributed by atoms with E-state index in [1.807, 2.05) is 47.5 Å². The highest BCUT2D eigenvalue weighted by atomic mass is 35.5. The third kappa shape index (κ3) is 7.10. The first-order valence-corrected chi connectivity index (χ1v) is 16.3. The number of carbonyl (C=O) groups is 1. The summed E-state index contributed by atoms with van der Waals surface area (Å²) < 4.78 is 11.8. The molecule has 3 heterocycles. The van der Waals surface area contributed by atoms with Gasteiger partial charge in [-0.1, -0.05) is 37.3 Å². The molecule has 0 bridgehead atoms. The minimum absolute atomic E-state index is 0.0758. The van der Waals surface area contributed by atoms with Gasteiger partial charge in [-0.05, 0) is 91.5 Å². The fourth-order valence-electron chi connectivity index (χ4n) is 6.58. The van der Waals surface area contributed by atoms with Crippen LogP contribution in [0.3, 0.4) is 0 Å². The van der Waals surface area contributed by atoms with Crippen molar-refractivity contribution >= 4 is 45.9 Å². The highest BCUT2D eigenvalue weighted by molar-refractivity contribution is 6.30. The molecule has 0 aliphatic carbocycles. The number of aliphatic imine (C=N–C) groups is 1. The van der Waals surface area contributed by atoms with Gasteiger partial charge in [-0.3, -0.25) is 14.7 Å². The van der Waals surface area contributed by atoms with Crippen molar-refractivity contribution in [3.05, 3.63) is 59.1 Å². The first-order chi connectivity index (χ1) is 21.1. The maximum absolute atomic E-state index is 13.2. The molecule has 2 saturated heterocycles. The summed E-state index contributed by atoms with van der Waals surface area (Å²) in [5, 5.41) is 2.77. The number of rotatable bonds is 12. The molecule has 0 saturated carbocycles. The van der Waals surface area contributed by atoms with E-state index in [1.165, 1.54) is 37.9 Å². The van der Waals surface area contributed by atoms with Gasteiger partial charge >= 0.3 is 0 Å². The molecule has 228 valence electrons. The van der Waals surface area contributed by atoms with Gasteiger partial charge in [-0.2, -0.15) is 0 Å². The lowest BCUT2D eigenvalue weighted by Crippen LogP contribution is -2.46. The number of carbonyl (C=O) groups excluding carboxylic acids is 1. The Morgan fingerprint density at radius 1 is 0.860 bits per heavy atom. The van der Waals surface area contributed by atoms with Crippen LogP contribution in [0, 0.1) is 0 Å². The zero-order chi connectivity index (χ0) is 29.6. The van der Waals surface area contributed by atoms with Crippen molar-refractivity contribution in [2.75, 3.05) is 57.9 Å². The van der Waals surface area contributed by atoms with E-state index < -0.39 is 0 Å². The molecule has 43 heavy (non-hydrogen) atoms. The molecular formula is C35H43ClN4O3. The van der Waals surface area contributed by atoms with Gasteiger partial charge in [0, 0.05) is 49.6 Å². The molecule has 0 unspecified atom stereocenters. The number of fused-ring (bicyclic) bond motifs is 3. The van der Waals surface area contributed by atoms with Crippen molar-refractivity contribution in [2.24, 2.45) is 4.99 Å². The number of anilines is 1. The lowest BCUT2D eigenvalue weighted by atomic mass is 10.0. The number of unbranched alkanes of at least 4 members (excludes halogenated alkanes) is 5. The lowest BCUT2D eigenvalue weighted by molar-refractivity contribution is 0.0775. The number of methoxy groups -OCH3 is 1. The van der Waals surface area contributed by atoms with Crippen LogP contribution in [0.15, 0.2) is 53.5 Å². The van der Waals surface area contributed by atoms with Crippen LogP contribution in [-0.2, 0) is 0 Å². The number of halogens is 1. The summed E-state index contributed by atoms with van der Waals surface area (Å²) in [5.74, 6) is 1.52. The Morgan fingerprint density at radius 3 is 2.37 bits per heavy atom. The zero-order valence-corrected chi connectivity index (χ0v) is 26.0. The number of benzene rings is 3. The Kier molecular flexibility index (Phi) is 9.69. The van der Waals surface area contributed by atoms with E-state index in [9.17, 15) is 4.79 Å². The lowest BCUT2D eigenvalue weighted by Gasteiger charge is -2.36. The molecule has 0 N–H and O–H groups in total. The van der Waals surface area contributed by atoms with Crippen molar-refractivity contribution in [1.82, 2.24) is 9.80 Å². The minimum Gasteiger partial charge on any atom is -0.493 e. The zero-order valence-electron chi connectivity index (χ0n) is 25.3. The number of hydrogen-bond acceptors (Lipinski definition) is 6. The van der Waals surface area contributed by atoms with E-state index >= 15 is 0 Å². The van der Waals surface area contributed by atoms with Crippen LogP contribution in [0.2, 0.25) is 5.02 Å². The van der Waals surface area contributed by atoms with Gasteiger partial charge in [0.05, 0.1) is 31.0 Å². The van der Waals surface area contributed by atoms with E-state index in [-0.39, 0.29) is 11.9 Å². The molecule has 3 aliphatic rings. The van der Waals surface area contributed by atoms with Crippen molar-refractivity contribution in [3.63, 3.8) is 0 Å². The summed E-state index contributed by atoms with van der Waals surface area (Å²) in [4.78, 5) is 24.9. The summed E-state index contributed by atoms with van der Waals surface area (Å²) >= 11 is 6.03. The number of hydrogen-bond donors (Lipinski definition) is 0. The monoisotopic (exact) mass is 602 g/mol. The summed E-state index contributed by atoms with van der Waals surface area (Å²) in [6, 6.07) is 16.3. The standard InChI is InChI=1S/C35H43ClN4O3/c1-42-33-23-27-22-32-31(35(41)40-15-8-9-30(40)25-37-32)21-26(27)24-34(33)43-20-7-5-3-2-4-6-14-38-16-18-39(19-17-38)29-12-10-28(36)11-13-29/h10-13,21-25,30H,2-9,14-20H2,1H3/t30-/m0/s1. The fourth-order valence-corrected chi connectivity index (χ4v) is 6.70. The van der Waals surface area contributed by atoms with Gasteiger partial charge in [0.15, 0.2) is 11.5 Å². The molecular weight excluding hydrogens is 560 g/mol. The van der Waals surface area contributed by atoms with Gasteiger partial charge in [0.1, 0.15) is 0 Å². The molecule has 3 aromatic carbocycles. The number of amides is 1. The SMILES string of the molecule is COc1cc2cc3c(cc2cc1OCCCCCCCCN1CCN(c2ccc(Cl)cc2)CC1)C(=O)N1CCC[C@H]1C=N3. The third-order valence-corrected chi connectivity index (χ3v) is 9.36. The summed E-state index contributed by atoms with van der Waals surface area (Å²) in [6.07, 6.45) is 11.2. The molecule has 1 atom stereocenters. The van der Waals surface area contributed by atoms with Gasteiger partial charge < -0.3 is 19.3 Å². The Labute approximate surface area is 260 Å². The quantitative estimate of drug-likeness (QED) is 0.203. The predicted octanol–water partition coefficient (Wildman–Crippen LogP) is 7.36. The van der Waals surface area contributed by atoms with Crippen LogP contribution in [0.25, 0.3) is 10.8 Å². The van der Waals surface area contributed by atoms with Gasteiger partial charge in [0.25, 0.3) is 5.91 Å². The van der Waals surface area contributed by atoms with Crippen LogP contribution >= 0.6 is 11.6 Å². The Balaban J connectivity index is 0.907. The minimum atomic E-state index is 0.0758. The van der Waals surface area contributed by atoms with Crippen LogP contribution < -0.4 is 14.4 Å². The first-order valence-electron chi connectivity index (χ1n) is 16.0. The average Bonchev–Trinajstić information content (AvgIpc) is 3.47. The Morgan fingerprint density at radius 2 is 1.58 bits per heavy atom. The van der Waals surface area contributed by atoms with E-state index in [0.29, 0.717) is 17.9 Å². The molecule has 0 aromatic heterocycles. The number of piperazine rings is 1. The van der Waals surface area contributed by atoms with Crippen molar-refractivity contribution in [3.8, 4) is 11.5 Å². The first kappa shape index (κ1) is 29.8. The van der Waals surface area contributed by atoms with Crippen molar-refractivity contribution in [2.45, 2.75) is 57.4 Å². The van der Waals surface area contributed by atoms with Crippen LogP contribution in [-0.4, -0.2) is 80.9 Å². The van der Waals surface area contributed by atoms with Crippen LogP contribution in [0.5, 0.6) is 11.5 Å². The van der Waals surface area contributed by atoms with Crippen molar-refractivity contribution < 1.29 is 14.3 Å². The van der Waals surface area contributed by atoms with E-state index in [1.54, 1.807) is 7.11 Å². The Hall–Kier alpha value is -3.29. The predicted molar refractivity (Wildman–Crippen MR) is 176 cm³/mol. The summed E-state index contributed by atoms with van der Waals surface area (Å²) in [5.41, 5.74) is 2.68. The molecule has 0 radical (unpaired) electrons. The second kappa shape index (κ2) is 14.0. The van der Waals surface area contributed by atoms with E-state index in [2.05, 4.69) is 26.9 Å². The molecule has 6 rings (SSSR count). The topological polar surface area (TPSA) is 57.6 Å². The molecule has 2 fully saturated rings. The smallest absolute Gasteiger partial charge is 0.256 e. The largest absolute Gasteiger partial charge is 0.493 e. The summed E-state index contributed by atoms with van der Waals surface area (Å²) in [7, 11) is 1.67. The highest BCUT2D eigenvalue weighted by Crippen LogP contribution is 2.37. The average molecular weight is 603 g/mol. The molecule has 8 heteroatoms. The van der Waals surface area contributed by atoms with Gasteiger partial charge in [-0.25, -0.2) is 0 Å². The molecule has 3 aliphatic heterocycles. The Bertz CT molecular complexity index is 1440. The van der Waals surface area contributed by atoms with Crippen molar-refractivity contribution in [1.29, 1.82) is 0 Å². The van der Waals surface area contributed by atoms with Gasteiger partial charge in [-0.15, -0.1) is 0 Å².